The summed E-state index contributed by atoms with van der Waals surface area (Å²) in [6.45, 7) is 5.40. The molecular formula is C15H29NO. The summed E-state index contributed by atoms with van der Waals surface area (Å²) in [6, 6.07) is 0. The summed E-state index contributed by atoms with van der Waals surface area (Å²) >= 11 is 0. The second kappa shape index (κ2) is 5.27. The van der Waals surface area contributed by atoms with Gasteiger partial charge in [-0.15, -0.1) is 0 Å². The summed E-state index contributed by atoms with van der Waals surface area (Å²) in [4.78, 5) is 0. The highest BCUT2D eigenvalue weighted by Gasteiger charge is 2.43. The van der Waals surface area contributed by atoms with Crippen molar-refractivity contribution >= 4 is 0 Å². The van der Waals surface area contributed by atoms with E-state index < -0.39 is 0 Å². The number of hydrogen-bond donors (Lipinski definition) is 2. The van der Waals surface area contributed by atoms with Crippen molar-refractivity contribution in [3.63, 3.8) is 0 Å². The molecule has 2 saturated carbocycles. The highest BCUT2D eigenvalue weighted by atomic mass is 16.3. The zero-order valence-corrected chi connectivity index (χ0v) is 11.5. The molecule has 17 heavy (non-hydrogen) atoms. The van der Waals surface area contributed by atoms with Gasteiger partial charge in [-0.1, -0.05) is 20.3 Å². The third-order valence-electron chi connectivity index (χ3n) is 5.19. The molecule has 4 atom stereocenters. The molecule has 0 spiro atoms. The fraction of sp³-hybridized carbons (Fsp3) is 1.00. The summed E-state index contributed by atoms with van der Waals surface area (Å²) in [5.41, 5.74) is 5.99. The van der Waals surface area contributed by atoms with Gasteiger partial charge in [-0.05, 0) is 55.8 Å². The minimum Gasteiger partial charge on any atom is -0.396 e. The van der Waals surface area contributed by atoms with Crippen LogP contribution in [0.25, 0.3) is 0 Å². The predicted molar refractivity (Wildman–Crippen MR) is 71.6 cm³/mol. The summed E-state index contributed by atoms with van der Waals surface area (Å²) in [6.07, 6.45) is 8.00. The van der Waals surface area contributed by atoms with Gasteiger partial charge < -0.3 is 10.8 Å². The zero-order valence-electron chi connectivity index (χ0n) is 11.5. The first kappa shape index (κ1) is 13.4. The maximum Gasteiger partial charge on any atom is 0.0499 e. The molecule has 0 aromatic rings. The molecule has 0 aliphatic heterocycles. The second-order valence-corrected chi connectivity index (χ2v) is 7.10. The van der Waals surface area contributed by atoms with Crippen LogP contribution in [0.2, 0.25) is 0 Å². The highest BCUT2D eigenvalue weighted by Crippen LogP contribution is 2.52. The zero-order chi connectivity index (χ0) is 12.5. The number of aliphatic hydroxyl groups is 1. The first-order chi connectivity index (χ1) is 8.08. The number of aliphatic hydroxyl groups excluding tert-OH is 1. The Morgan fingerprint density at radius 3 is 2.47 bits per heavy atom. The first-order valence-corrected chi connectivity index (χ1v) is 7.39. The Morgan fingerprint density at radius 2 is 2.06 bits per heavy atom. The average Bonchev–Trinajstić information content (AvgIpc) is 2.89. The number of hydrogen-bond acceptors (Lipinski definition) is 2. The summed E-state index contributed by atoms with van der Waals surface area (Å²) in [7, 11) is 0. The van der Waals surface area contributed by atoms with E-state index in [1.807, 2.05) is 0 Å². The lowest BCUT2D eigenvalue weighted by Crippen LogP contribution is -2.38. The topological polar surface area (TPSA) is 46.2 Å². The smallest absolute Gasteiger partial charge is 0.0499 e. The standard InChI is InChI=1S/C15H29NO/c1-11(2)7-15(9-16,10-17)8-14-6-12-3-4-13(14)5-12/h11-14,17H,3-10,16H2,1-2H3. The van der Waals surface area contributed by atoms with Crippen LogP contribution in [-0.4, -0.2) is 18.3 Å². The van der Waals surface area contributed by atoms with E-state index in [-0.39, 0.29) is 12.0 Å². The van der Waals surface area contributed by atoms with Crippen molar-refractivity contribution in [3.8, 4) is 0 Å². The van der Waals surface area contributed by atoms with E-state index in [1.54, 1.807) is 0 Å². The molecule has 0 radical (unpaired) electrons. The Balaban J connectivity index is 1.97. The van der Waals surface area contributed by atoms with E-state index in [0.29, 0.717) is 12.5 Å². The maximum absolute atomic E-state index is 9.78. The van der Waals surface area contributed by atoms with E-state index in [9.17, 15) is 5.11 Å². The van der Waals surface area contributed by atoms with Crippen LogP contribution >= 0.6 is 0 Å². The Labute approximate surface area is 106 Å². The predicted octanol–water partition coefficient (Wildman–Crippen LogP) is 2.80. The van der Waals surface area contributed by atoms with Gasteiger partial charge in [0.15, 0.2) is 0 Å². The van der Waals surface area contributed by atoms with Crippen LogP contribution in [0.15, 0.2) is 0 Å². The molecule has 2 rings (SSSR count). The van der Waals surface area contributed by atoms with E-state index in [0.717, 1.165) is 24.2 Å². The summed E-state index contributed by atoms with van der Waals surface area (Å²) in [5, 5.41) is 9.78. The fourth-order valence-corrected chi connectivity index (χ4v) is 4.49. The van der Waals surface area contributed by atoms with E-state index in [4.69, 9.17) is 5.73 Å². The third kappa shape index (κ3) is 2.85. The molecular weight excluding hydrogens is 210 g/mol. The molecule has 2 nitrogen and oxygen atoms in total. The average molecular weight is 239 g/mol. The highest BCUT2D eigenvalue weighted by molar-refractivity contribution is 4.94. The quantitative estimate of drug-likeness (QED) is 0.748. The fourth-order valence-electron chi connectivity index (χ4n) is 4.49. The van der Waals surface area contributed by atoms with Crippen LogP contribution in [0.5, 0.6) is 0 Å². The van der Waals surface area contributed by atoms with Crippen molar-refractivity contribution in [2.45, 2.75) is 52.4 Å². The Kier molecular flexibility index (Phi) is 4.14. The molecule has 2 fully saturated rings. The molecule has 2 aliphatic rings. The van der Waals surface area contributed by atoms with Crippen LogP contribution in [0, 0.1) is 29.1 Å². The molecule has 0 aromatic carbocycles. The minimum absolute atomic E-state index is 0.00329. The molecule has 2 bridgehead atoms. The van der Waals surface area contributed by atoms with Gasteiger partial charge in [0, 0.05) is 18.6 Å². The first-order valence-electron chi connectivity index (χ1n) is 7.39. The summed E-state index contributed by atoms with van der Waals surface area (Å²) < 4.78 is 0. The van der Waals surface area contributed by atoms with Gasteiger partial charge in [0.05, 0.1) is 0 Å². The van der Waals surface area contributed by atoms with Crippen LogP contribution in [-0.2, 0) is 0 Å². The van der Waals surface area contributed by atoms with E-state index >= 15 is 0 Å². The van der Waals surface area contributed by atoms with Crippen molar-refractivity contribution in [1.29, 1.82) is 0 Å². The van der Waals surface area contributed by atoms with Crippen LogP contribution in [0.4, 0.5) is 0 Å². The summed E-state index contributed by atoms with van der Waals surface area (Å²) in [5.74, 6) is 3.43. The van der Waals surface area contributed by atoms with Crippen molar-refractivity contribution in [1.82, 2.24) is 0 Å². The lowest BCUT2D eigenvalue weighted by atomic mass is 9.70. The van der Waals surface area contributed by atoms with Gasteiger partial charge in [-0.25, -0.2) is 0 Å². The molecule has 2 heteroatoms. The normalized spacial score (nSPS) is 35.5. The van der Waals surface area contributed by atoms with Crippen molar-refractivity contribution < 1.29 is 5.11 Å². The van der Waals surface area contributed by atoms with Crippen molar-refractivity contribution in [3.05, 3.63) is 0 Å². The monoisotopic (exact) mass is 239 g/mol. The Hall–Kier alpha value is -0.0800. The Morgan fingerprint density at radius 1 is 1.29 bits per heavy atom. The van der Waals surface area contributed by atoms with E-state index in [2.05, 4.69) is 13.8 Å². The molecule has 0 amide bonds. The molecule has 3 N–H and O–H groups in total. The van der Waals surface area contributed by atoms with Crippen molar-refractivity contribution in [2.24, 2.45) is 34.8 Å². The number of nitrogens with two attached hydrogens (primary N) is 1. The minimum atomic E-state index is 0.00329. The van der Waals surface area contributed by atoms with Crippen molar-refractivity contribution in [2.75, 3.05) is 13.2 Å². The molecule has 4 unspecified atom stereocenters. The van der Waals surface area contributed by atoms with Gasteiger partial charge in [0.25, 0.3) is 0 Å². The van der Waals surface area contributed by atoms with Crippen LogP contribution in [0.3, 0.4) is 0 Å². The van der Waals surface area contributed by atoms with E-state index in [1.165, 1.54) is 32.1 Å². The van der Waals surface area contributed by atoms with Crippen LogP contribution < -0.4 is 5.73 Å². The van der Waals surface area contributed by atoms with Gasteiger partial charge in [0.1, 0.15) is 0 Å². The largest absolute Gasteiger partial charge is 0.396 e. The molecule has 100 valence electrons. The lowest BCUT2D eigenvalue weighted by molar-refractivity contribution is 0.0686. The molecule has 0 aromatic heterocycles. The number of rotatable bonds is 6. The second-order valence-electron chi connectivity index (χ2n) is 7.10. The van der Waals surface area contributed by atoms with Gasteiger partial charge in [-0.3, -0.25) is 0 Å². The van der Waals surface area contributed by atoms with Crippen LogP contribution in [0.1, 0.15) is 52.4 Å². The lowest BCUT2D eigenvalue weighted by Gasteiger charge is -2.37. The van der Waals surface area contributed by atoms with Gasteiger partial charge in [-0.2, -0.15) is 0 Å². The van der Waals surface area contributed by atoms with Gasteiger partial charge in [0.2, 0.25) is 0 Å². The third-order valence-corrected chi connectivity index (χ3v) is 5.19. The number of fused-ring (bicyclic) bond motifs is 2. The Bertz CT molecular complexity index is 247. The maximum atomic E-state index is 9.78. The SMILES string of the molecule is CC(C)CC(CN)(CO)CC1CC2CCC1C2. The molecule has 2 aliphatic carbocycles. The van der Waals surface area contributed by atoms with Gasteiger partial charge >= 0.3 is 0 Å². The molecule has 0 heterocycles. The molecule has 0 saturated heterocycles.